The number of nitrogens with zero attached hydrogens (tertiary/aromatic N) is 4. The molecule has 1 aliphatic heterocycles. The molecule has 0 saturated heterocycles. The summed E-state index contributed by atoms with van der Waals surface area (Å²) in [5.74, 6) is -0.107. The van der Waals surface area contributed by atoms with Gasteiger partial charge in [-0.15, -0.1) is 5.10 Å². The van der Waals surface area contributed by atoms with E-state index in [1.54, 1.807) is 22.9 Å². The van der Waals surface area contributed by atoms with Crippen LogP contribution in [0.5, 0.6) is 0 Å². The number of fused-ring (bicyclic) bond motifs is 1. The van der Waals surface area contributed by atoms with Crippen LogP contribution >= 0.6 is 11.8 Å². The van der Waals surface area contributed by atoms with Gasteiger partial charge in [-0.3, -0.25) is 9.59 Å². The second-order valence-corrected chi connectivity index (χ2v) is 7.38. The maximum atomic E-state index is 12.6. The highest BCUT2D eigenvalue weighted by Gasteiger charge is 2.27. The van der Waals surface area contributed by atoms with Gasteiger partial charge in [-0.05, 0) is 60.2 Å². The van der Waals surface area contributed by atoms with Crippen molar-refractivity contribution in [2.45, 2.75) is 24.9 Å². The summed E-state index contributed by atoms with van der Waals surface area (Å²) < 4.78 is 1.62. The van der Waals surface area contributed by atoms with Gasteiger partial charge in [0.1, 0.15) is 0 Å². The lowest BCUT2D eigenvalue weighted by atomic mass is 9.99. The Morgan fingerprint density at radius 2 is 2.00 bits per heavy atom. The fourth-order valence-corrected chi connectivity index (χ4v) is 3.71. The zero-order valence-corrected chi connectivity index (χ0v) is 15.7. The molecule has 0 spiro atoms. The van der Waals surface area contributed by atoms with Crippen molar-refractivity contribution in [3.8, 4) is 5.69 Å². The highest BCUT2D eigenvalue weighted by molar-refractivity contribution is 7.99. The summed E-state index contributed by atoms with van der Waals surface area (Å²) in [5.41, 5.74) is 4.21. The van der Waals surface area contributed by atoms with Crippen LogP contribution in [-0.2, 0) is 4.79 Å². The number of carbonyl (C=O) groups excluding carboxylic acids is 2. The number of anilines is 1. The van der Waals surface area contributed by atoms with Crippen molar-refractivity contribution < 1.29 is 9.59 Å². The predicted octanol–water partition coefficient (Wildman–Crippen LogP) is 3.00. The number of tetrazole rings is 1. The summed E-state index contributed by atoms with van der Waals surface area (Å²) in [6.07, 6.45) is 0. The molecule has 1 N–H and O–H groups in total. The van der Waals surface area contributed by atoms with Crippen molar-refractivity contribution >= 4 is 29.1 Å². The molecule has 1 amide bonds. The topological polar surface area (TPSA) is 89.8 Å². The third kappa shape index (κ3) is 3.35. The standard InChI is InChI=1S/C19H17N5O2S/c1-11-3-6-14(7-4-11)24-19(21-22-23-24)27-10-17(25)13-5-8-16-15(9-13)12(2)18(26)20-16/h3-9,12H,10H2,1-2H3,(H,20,26)/t12-/m0/s1. The van der Waals surface area contributed by atoms with Crippen molar-refractivity contribution in [1.82, 2.24) is 20.2 Å². The van der Waals surface area contributed by atoms with Crippen LogP contribution in [-0.4, -0.2) is 37.7 Å². The van der Waals surface area contributed by atoms with Gasteiger partial charge in [0.25, 0.3) is 0 Å². The smallest absolute Gasteiger partial charge is 0.231 e. The van der Waals surface area contributed by atoms with Gasteiger partial charge < -0.3 is 5.32 Å². The van der Waals surface area contributed by atoms with Gasteiger partial charge in [-0.1, -0.05) is 29.5 Å². The Morgan fingerprint density at radius 3 is 2.78 bits per heavy atom. The minimum atomic E-state index is -0.241. The number of hydrogen-bond donors (Lipinski definition) is 1. The Labute approximate surface area is 160 Å². The second-order valence-electron chi connectivity index (χ2n) is 6.43. The lowest BCUT2D eigenvalue weighted by Crippen LogP contribution is -2.08. The number of rotatable bonds is 5. The molecule has 2 aromatic carbocycles. The van der Waals surface area contributed by atoms with Gasteiger partial charge in [-0.25, -0.2) is 0 Å². The molecule has 0 unspecified atom stereocenters. The van der Waals surface area contributed by atoms with Crippen molar-refractivity contribution in [1.29, 1.82) is 0 Å². The van der Waals surface area contributed by atoms with Crippen LogP contribution in [0.3, 0.4) is 0 Å². The number of aryl methyl sites for hydroxylation is 1. The molecule has 27 heavy (non-hydrogen) atoms. The Hall–Kier alpha value is -3.00. The van der Waals surface area contributed by atoms with Gasteiger partial charge in [-0.2, -0.15) is 4.68 Å². The molecule has 0 radical (unpaired) electrons. The van der Waals surface area contributed by atoms with E-state index in [-0.39, 0.29) is 23.4 Å². The van der Waals surface area contributed by atoms with E-state index >= 15 is 0 Å². The zero-order chi connectivity index (χ0) is 19.0. The average molecular weight is 379 g/mol. The van der Waals surface area contributed by atoms with Gasteiger partial charge in [0.05, 0.1) is 17.4 Å². The van der Waals surface area contributed by atoms with Crippen LogP contribution in [0.15, 0.2) is 47.6 Å². The van der Waals surface area contributed by atoms with E-state index in [4.69, 9.17) is 0 Å². The van der Waals surface area contributed by atoms with Crippen LogP contribution in [0.1, 0.15) is 34.3 Å². The monoisotopic (exact) mass is 379 g/mol. The number of amides is 1. The van der Waals surface area contributed by atoms with E-state index in [2.05, 4.69) is 20.8 Å². The molecule has 3 aromatic rings. The molecule has 0 fully saturated rings. The molecule has 1 aromatic heterocycles. The Kier molecular flexibility index (Phi) is 4.49. The number of carbonyl (C=O) groups is 2. The highest BCUT2D eigenvalue weighted by Crippen LogP contribution is 2.33. The van der Waals surface area contributed by atoms with Crippen molar-refractivity contribution in [3.63, 3.8) is 0 Å². The molecule has 136 valence electrons. The van der Waals surface area contributed by atoms with Gasteiger partial charge >= 0.3 is 0 Å². The van der Waals surface area contributed by atoms with Crippen LogP contribution in [0, 0.1) is 6.92 Å². The fraction of sp³-hybridized carbons (Fsp3) is 0.211. The molecular weight excluding hydrogens is 362 g/mol. The number of nitrogens with one attached hydrogen (secondary N) is 1. The summed E-state index contributed by atoms with van der Waals surface area (Å²) >= 11 is 1.29. The molecule has 4 rings (SSSR count). The minimum absolute atomic E-state index is 0.0344. The predicted molar refractivity (Wildman–Crippen MR) is 102 cm³/mol. The summed E-state index contributed by atoms with van der Waals surface area (Å²) in [5, 5.41) is 15.1. The van der Waals surface area contributed by atoms with E-state index < -0.39 is 0 Å². The molecule has 7 nitrogen and oxygen atoms in total. The average Bonchev–Trinajstić information content (AvgIpc) is 3.25. The highest BCUT2D eigenvalue weighted by atomic mass is 32.2. The van der Waals surface area contributed by atoms with Crippen LogP contribution in [0.4, 0.5) is 5.69 Å². The quantitative estimate of drug-likeness (QED) is 0.541. The number of aromatic nitrogens is 4. The first-order valence-electron chi connectivity index (χ1n) is 8.49. The fourth-order valence-electron chi connectivity index (χ4n) is 2.92. The molecule has 8 heteroatoms. The van der Waals surface area contributed by atoms with E-state index in [0.717, 1.165) is 22.5 Å². The number of hydrogen-bond acceptors (Lipinski definition) is 6. The van der Waals surface area contributed by atoms with Crippen molar-refractivity contribution in [2.24, 2.45) is 0 Å². The molecule has 1 aliphatic rings. The maximum Gasteiger partial charge on any atom is 0.231 e. The molecule has 0 saturated carbocycles. The van der Waals surface area contributed by atoms with Gasteiger partial charge in [0, 0.05) is 11.3 Å². The van der Waals surface area contributed by atoms with Crippen molar-refractivity contribution in [2.75, 3.05) is 11.1 Å². The lowest BCUT2D eigenvalue weighted by molar-refractivity contribution is -0.116. The molecule has 1 atom stereocenters. The van der Waals surface area contributed by atoms with E-state index in [9.17, 15) is 9.59 Å². The Balaban J connectivity index is 1.49. The van der Waals surface area contributed by atoms with E-state index in [1.807, 2.05) is 38.1 Å². The second kappa shape index (κ2) is 6.96. The Bertz CT molecular complexity index is 1030. The lowest BCUT2D eigenvalue weighted by Gasteiger charge is -2.06. The maximum absolute atomic E-state index is 12.6. The summed E-state index contributed by atoms with van der Waals surface area (Å²) in [6, 6.07) is 13.2. The minimum Gasteiger partial charge on any atom is -0.325 e. The van der Waals surface area contributed by atoms with E-state index in [0.29, 0.717) is 10.7 Å². The first kappa shape index (κ1) is 17.4. The summed E-state index contributed by atoms with van der Waals surface area (Å²) in [4.78, 5) is 24.4. The molecule has 2 heterocycles. The third-order valence-corrected chi connectivity index (χ3v) is 5.46. The van der Waals surface area contributed by atoms with Gasteiger partial charge in [0.15, 0.2) is 5.78 Å². The largest absolute Gasteiger partial charge is 0.325 e. The van der Waals surface area contributed by atoms with Gasteiger partial charge in [0.2, 0.25) is 11.1 Å². The SMILES string of the molecule is Cc1ccc(-n2nnnc2SCC(=O)c2ccc3c(c2)[C@H](C)C(=O)N3)cc1. The van der Waals surface area contributed by atoms with Crippen LogP contribution in [0.25, 0.3) is 5.69 Å². The molecule has 0 bridgehead atoms. The molecule has 0 aliphatic carbocycles. The number of ketones is 1. The normalized spacial score (nSPS) is 15.5. The number of thioether (sulfide) groups is 1. The molecular formula is C19H17N5O2S. The van der Waals surface area contributed by atoms with Crippen LogP contribution < -0.4 is 5.32 Å². The first-order valence-corrected chi connectivity index (χ1v) is 9.48. The Morgan fingerprint density at radius 1 is 1.22 bits per heavy atom. The van der Waals surface area contributed by atoms with Crippen LogP contribution in [0.2, 0.25) is 0 Å². The first-order chi connectivity index (χ1) is 13.0. The van der Waals surface area contributed by atoms with E-state index in [1.165, 1.54) is 11.8 Å². The number of benzene rings is 2. The summed E-state index contributed by atoms with van der Waals surface area (Å²) in [6.45, 7) is 3.85. The number of Topliss-reactive ketones (excluding diaryl/α,β-unsaturated/α-hetero) is 1. The summed E-state index contributed by atoms with van der Waals surface area (Å²) in [7, 11) is 0. The zero-order valence-electron chi connectivity index (χ0n) is 14.8. The third-order valence-electron chi connectivity index (χ3n) is 4.54. The van der Waals surface area contributed by atoms with Crippen molar-refractivity contribution in [3.05, 3.63) is 59.2 Å².